The molecule has 0 aromatic heterocycles. The van der Waals surface area contributed by atoms with Crippen molar-refractivity contribution >= 4 is 34.0 Å². The minimum atomic E-state index is -3.88. The molecule has 0 heterocycles. The number of benzene rings is 1. The molecule has 1 aromatic rings. The summed E-state index contributed by atoms with van der Waals surface area (Å²) < 4.78 is 21.4. The summed E-state index contributed by atoms with van der Waals surface area (Å²) in [4.78, 5) is 21.0. The van der Waals surface area contributed by atoms with Crippen molar-refractivity contribution < 1.29 is 23.5 Å². The molecule has 2 atom stereocenters. The van der Waals surface area contributed by atoms with Gasteiger partial charge < -0.3 is 9.63 Å². The van der Waals surface area contributed by atoms with Crippen molar-refractivity contribution in [2.75, 3.05) is 6.61 Å². The van der Waals surface area contributed by atoms with Crippen molar-refractivity contribution in [1.82, 2.24) is 0 Å². The smallest absolute Gasteiger partial charge is 0.397 e. The van der Waals surface area contributed by atoms with Gasteiger partial charge in [-0.3, -0.25) is 4.52 Å². The number of ether oxygens (including phenoxy) is 1. The Morgan fingerprint density at radius 3 is 2.65 bits per heavy atom. The van der Waals surface area contributed by atoms with Gasteiger partial charge in [-0.15, -0.1) is 0 Å². The third-order valence-corrected chi connectivity index (χ3v) is 7.59. The van der Waals surface area contributed by atoms with Gasteiger partial charge in [0.15, 0.2) is 6.10 Å². The van der Waals surface area contributed by atoms with E-state index in [9.17, 15) is 14.3 Å². The molecule has 0 saturated carbocycles. The predicted molar refractivity (Wildman–Crippen MR) is 82.3 cm³/mol. The molecule has 0 spiro atoms. The zero-order chi connectivity index (χ0) is 15.0. The average molecular weight is 336 g/mol. The third kappa shape index (κ3) is 6.81. The van der Waals surface area contributed by atoms with Crippen LogP contribution in [0.5, 0.6) is 0 Å². The van der Waals surface area contributed by atoms with E-state index in [1.807, 2.05) is 30.3 Å². The van der Waals surface area contributed by atoms with Crippen molar-refractivity contribution in [2.45, 2.75) is 25.7 Å². The average Bonchev–Trinajstić information content (AvgIpc) is 2.39. The first-order valence-electron chi connectivity index (χ1n) is 5.97. The standard InChI is InChI=1S/C12H17O5PS2/c1-3-16-12(13)10(2)17-18(14,15)20-19-9-11-7-5-4-6-8-11/h4-8,10H,3,9H2,1-2H3,(H,14,15)/t10-/m0/s1. The quantitative estimate of drug-likeness (QED) is 0.441. The van der Waals surface area contributed by atoms with Gasteiger partial charge in [0, 0.05) is 16.2 Å². The van der Waals surface area contributed by atoms with Gasteiger partial charge in [0.2, 0.25) is 0 Å². The third-order valence-electron chi connectivity index (χ3n) is 2.13. The second-order valence-electron chi connectivity index (χ2n) is 3.79. The molecule has 0 fully saturated rings. The van der Waals surface area contributed by atoms with Crippen LogP contribution in [0.15, 0.2) is 30.3 Å². The van der Waals surface area contributed by atoms with Gasteiger partial charge in [0.05, 0.1) is 6.61 Å². The number of hydrogen-bond donors (Lipinski definition) is 1. The molecule has 0 saturated heterocycles. The molecule has 112 valence electrons. The Labute approximate surface area is 126 Å². The van der Waals surface area contributed by atoms with Crippen LogP contribution in [0.4, 0.5) is 0 Å². The van der Waals surface area contributed by atoms with Crippen molar-refractivity contribution in [3.63, 3.8) is 0 Å². The van der Waals surface area contributed by atoms with Crippen LogP contribution >= 0.6 is 28.0 Å². The molecule has 1 aromatic carbocycles. The summed E-state index contributed by atoms with van der Waals surface area (Å²) in [5.41, 5.74) is 1.04. The van der Waals surface area contributed by atoms with E-state index in [4.69, 9.17) is 9.26 Å². The fourth-order valence-corrected chi connectivity index (χ4v) is 5.74. The summed E-state index contributed by atoms with van der Waals surface area (Å²) >= 11 is 0. The highest BCUT2D eigenvalue weighted by Gasteiger charge is 2.28. The lowest BCUT2D eigenvalue weighted by Crippen LogP contribution is -2.21. The molecule has 20 heavy (non-hydrogen) atoms. The van der Waals surface area contributed by atoms with Gasteiger partial charge in [-0.25, -0.2) is 9.36 Å². The predicted octanol–water partition coefficient (Wildman–Crippen LogP) is 3.64. The fourth-order valence-electron chi connectivity index (χ4n) is 1.26. The van der Waals surface area contributed by atoms with E-state index < -0.39 is 18.9 Å². The number of carbonyl (C=O) groups excluding carboxylic acids is 1. The molecule has 0 radical (unpaired) electrons. The van der Waals surface area contributed by atoms with Crippen molar-refractivity contribution in [3.05, 3.63) is 35.9 Å². The summed E-state index contributed by atoms with van der Waals surface area (Å²) in [5.74, 6) is -0.0665. The Hall–Kier alpha value is -0.460. The van der Waals surface area contributed by atoms with Crippen molar-refractivity contribution in [3.8, 4) is 0 Å². The molecule has 5 nitrogen and oxygen atoms in total. The number of rotatable bonds is 8. The highest BCUT2D eigenvalue weighted by atomic mass is 33.3. The molecular weight excluding hydrogens is 319 g/mol. The van der Waals surface area contributed by atoms with Crippen LogP contribution in [0.2, 0.25) is 0 Å². The first-order valence-corrected chi connectivity index (χ1v) is 10.5. The summed E-state index contributed by atoms with van der Waals surface area (Å²) in [6.45, 7) is -0.625. The second-order valence-corrected chi connectivity index (χ2v) is 9.49. The van der Waals surface area contributed by atoms with Crippen LogP contribution in [0.3, 0.4) is 0 Å². The van der Waals surface area contributed by atoms with Gasteiger partial charge in [-0.2, -0.15) is 0 Å². The van der Waals surface area contributed by atoms with E-state index in [1.165, 1.54) is 17.7 Å². The van der Waals surface area contributed by atoms with Crippen molar-refractivity contribution in [2.24, 2.45) is 0 Å². The molecule has 1 rings (SSSR count). The highest BCUT2D eigenvalue weighted by molar-refractivity contribution is 8.98. The number of carbonyl (C=O) groups is 1. The van der Waals surface area contributed by atoms with Crippen LogP contribution in [-0.4, -0.2) is 23.6 Å². The lowest BCUT2D eigenvalue weighted by Gasteiger charge is -2.15. The molecule has 0 aliphatic rings. The molecule has 1 unspecified atom stereocenters. The van der Waals surface area contributed by atoms with Crippen molar-refractivity contribution in [1.29, 1.82) is 0 Å². The zero-order valence-corrected chi connectivity index (χ0v) is 13.7. The Morgan fingerprint density at radius 2 is 2.05 bits per heavy atom. The number of esters is 1. The van der Waals surface area contributed by atoms with E-state index in [1.54, 1.807) is 6.92 Å². The van der Waals surface area contributed by atoms with Gasteiger partial charge in [0.25, 0.3) is 0 Å². The molecule has 8 heteroatoms. The largest absolute Gasteiger partial charge is 0.464 e. The maximum Gasteiger partial charge on any atom is 0.397 e. The van der Waals surface area contributed by atoms with E-state index in [2.05, 4.69) is 0 Å². The summed E-state index contributed by atoms with van der Waals surface area (Å²) in [7, 11) is 1.94. The highest BCUT2D eigenvalue weighted by Crippen LogP contribution is 2.62. The summed E-state index contributed by atoms with van der Waals surface area (Å²) in [6, 6.07) is 9.56. The van der Waals surface area contributed by atoms with Gasteiger partial charge >= 0.3 is 12.8 Å². The molecule has 0 aliphatic carbocycles. The van der Waals surface area contributed by atoms with E-state index in [0.29, 0.717) is 5.75 Å². The molecular formula is C12H17O5PS2. The molecule has 1 N–H and O–H groups in total. The van der Waals surface area contributed by atoms with E-state index in [0.717, 1.165) is 16.0 Å². The lowest BCUT2D eigenvalue weighted by atomic mass is 10.2. The van der Waals surface area contributed by atoms with Crippen LogP contribution in [0, 0.1) is 0 Å². The second kappa shape index (κ2) is 8.74. The minimum absolute atomic E-state index is 0.207. The first-order chi connectivity index (χ1) is 9.44. The van der Waals surface area contributed by atoms with Gasteiger partial charge in [-0.1, -0.05) is 41.1 Å². The van der Waals surface area contributed by atoms with E-state index in [-0.39, 0.29) is 6.61 Å². The minimum Gasteiger partial charge on any atom is -0.464 e. The molecule has 0 bridgehead atoms. The summed E-state index contributed by atoms with van der Waals surface area (Å²) in [5, 5.41) is 0. The molecule has 0 amide bonds. The Balaban J connectivity index is 2.37. The normalized spacial score (nSPS) is 15.3. The van der Waals surface area contributed by atoms with Crippen LogP contribution < -0.4 is 0 Å². The van der Waals surface area contributed by atoms with E-state index >= 15 is 0 Å². The SMILES string of the molecule is CCOC(=O)[C@H](C)OP(=O)(O)SSCc1ccccc1. The Kier molecular flexibility index (Phi) is 7.69. The lowest BCUT2D eigenvalue weighted by molar-refractivity contribution is -0.150. The van der Waals surface area contributed by atoms with Crippen LogP contribution in [-0.2, 0) is 24.4 Å². The van der Waals surface area contributed by atoms with Gasteiger partial charge in [0.1, 0.15) is 0 Å². The monoisotopic (exact) mass is 336 g/mol. The Bertz CT molecular complexity index is 468. The Morgan fingerprint density at radius 1 is 1.40 bits per heavy atom. The fraction of sp³-hybridized carbons (Fsp3) is 0.417. The zero-order valence-electron chi connectivity index (χ0n) is 11.2. The first kappa shape index (κ1) is 17.6. The topological polar surface area (TPSA) is 72.8 Å². The van der Waals surface area contributed by atoms with Gasteiger partial charge in [-0.05, 0) is 19.4 Å². The van der Waals surface area contributed by atoms with Crippen LogP contribution in [0.1, 0.15) is 19.4 Å². The summed E-state index contributed by atoms with van der Waals surface area (Å²) in [6.07, 6.45) is -1.06. The van der Waals surface area contributed by atoms with Crippen LogP contribution in [0.25, 0.3) is 0 Å². The molecule has 0 aliphatic heterocycles. The maximum atomic E-state index is 11.8. The number of hydrogen-bond acceptors (Lipinski definition) is 6. The maximum absolute atomic E-state index is 11.8.